The van der Waals surface area contributed by atoms with Crippen molar-refractivity contribution in [1.82, 2.24) is 10.2 Å². The largest absolute Gasteiger partial charge is 0.325 e. The van der Waals surface area contributed by atoms with Gasteiger partial charge in [0.05, 0.1) is 6.54 Å². The van der Waals surface area contributed by atoms with E-state index in [0.29, 0.717) is 18.4 Å². The molecule has 5 nitrogen and oxygen atoms in total. The maximum atomic E-state index is 13.0. The summed E-state index contributed by atoms with van der Waals surface area (Å²) in [6.07, 6.45) is 1.77. The van der Waals surface area contributed by atoms with E-state index < -0.39 is 11.6 Å². The first-order valence-corrected chi connectivity index (χ1v) is 9.56. The predicted molar refractivity (Wildman–Crippen MR) is 105 cm³/mol. The fourth-order valence-electron chi connectivity index (χ4n) is 3.72. The standard InChI is InChI=1S/C20H17IN2O3/c21-16-7-5-14(6-8-16)17(24)12-23-18(25)20(22-19(23)26)10-9-13-3-1-2-4-15(13)11-20/h1-8H,9-12H2,(H,22,26). The van der Waals surface area contributed by atoms with E-state index in [1.165, 1.54) is 5.56 Å². The molecule has 6 heteroatoms. The van der Waals surface area contributed by atoms with Crippen LogP contribution in [-0.4, -0.2) is 34.7 Å². The number of carbonyl (C=O) groups is 3. The molecule has 3 amide bonds. The lowest BCUT2D eigenvalue weighted by atomic mass is 9.78. The fraction of sp³-hybridized carbons (Fsp3) is 0.250. The summed E-state index contributed by atoms with van der Waals surface area (Å²) in [6.45, 7) is -0.228. The maximum absolute atomic E-state index is 13.0. The molecule has 1 aliphatic carbocycles. The number of amides is 3. The molecule has 1 N–H and O–H groups in total. The van der Waals surface area contributed by atoms with Crippen molar-refractivity contribution in [3.63, 3.8) is 0 Å². The highest BCUT2D eigenvalue weighted by molar-refractivity contribution is 14.1. The number of benzene rings is 2. The molecule has 1 unspecified atom stereocenters. The van der Waals surface area contributed by atoms with Crippen molar-refractivity contribution in [3.05, 3.63) is 68.8 Å². The van der Waals surface area contributed by atoms with Crippen molar-refractivity contribution in [1.29, 1.82) is 0 Å². The topological polar surface area (TPSA) is 66.5 Å². The quantitative estimate of drug-likeness (QED) is 0.435. The number of urea groups is 1. The summed E-state index contributed by atoms with van der Waals surface area (Å²) in [5.74, 6) is -0.533. The van der Waals surface area contributed by atoms with Gasteiger partial charge in [-0.1, -0.05) is 36.4 Å². The van der Waals surface area contributed by atoms with Crippen LogP contribution in [0.5, 0.6) is 0 Å². The molecule has 0 bridgehead atoms. The average Bonchev–Trinajstić information content (AvgIpc) is 2.86. The first-order valence-electron chi connectivity index (χ1n) is 8.48. The van der Waals surface area contributed by atoms with E-state index in [4.69, 9.17) is 0 Å². The number of ketones is 1. The van der Waals surface area contributed by atoms with Crippen molar-refractivity contribution in [2.24, 2.45) is 0 Å². The highest BCUT2D eigenvalue weighted by Gasteiger charge is 2.52. The number of fused-ring (bicyclic) bond motifs is 1. The van der Waals surface area contributed by atoms with E-state index >= 15 is 0 Å². The van der Waals surface area contributed by atoms with Gasteiger partial charge in [-0.25, -0.2) is 4.79 Å². The van der Waals surface area contributed by atoms with Gasteiger partial charge in [0.15, 0.2) is 5.78 Å². The summed E-state index contributed by atoms with van der Waals surface area (Å²) < 4.78 is 1.02. The summed E-state index contributed by atoms with van der Waals surface area (Å²) in [7, 11) is 0. The number of nitrogens with zero attached hydrogens (tertiary/aromatic N) is 1. The number of hydrogen-bond donors (Lipinski definition) is 1. The molecule has 1 spiro atoms. The first kappa shape index (κ1) is 17.2. The van der Waals surface area contributed by atoms with Crippen LogP contribution in [0.1, 0.15) is 27.9 Å². The third-order valence-electron chi connectivity index (χ3n) is 5.15. The summed E-state index contributed by atoms with van der Waals surface area (Å²) in [5.41, 5.74) is 1.88. The third-order valence-corrected chi connectivity index (χ3v) is 5.86. The van der Waals surface area contributed by atoms with E-state index in [-0.39, 0.29) is 18.2 Å². The zero-order chi connectivity index (χ0) is 18.3. The molecular weight excluding hydrogens is 443 g/mol. The number of halogens is 1. The van der Waals surface area contributed by atoms with Crippen molar-refractivity contribution < 1.29 is 14.4 Å². The maximum Gasteiger partial charge on any atom is 0.325 e. The highest BCUT2D eigenvalue weighted by atomic mass is 127. The van der Waals surface area contributed by atoms with Crippen LogP contribution >= 0.6 is 22.6 Å². The Morgan fingerprint density at radius 3 is 2.50 bits per heavy atom. The monoisotopic (exact) mass is 460 g/mol. The Bertz CT molecular complexity index is 910. The van der Waals surface area contributed by atoms with Gasteiger partial charge in [0.2, 0.25) is 0 Å². The number of hydrogen-bond acceptors (Lipinski definition) is 3. The van der Waals surface area contributed by atoms with Gasteiger partial charge in [0.25, 0.3) is 5.91 Å². The minimum Gasteiger partial charge on any atom is -0.323 e. The molecule has 1 fully saturated rings. The van der Waals surface area contributed by atoms with Gasteiger partial charge in [-0.15, -0.1) is 0 Å². The van der Waals surface area contributed by atoms with E-state index in [2.05, 4.69) is 34.0 Å². The molecule has 2 aliphatic rings. The van der Waals surface area contributed by atoms with Crippen molar-refractivity contribution in [2.75, 3.05) is 6.54 Å². The van der Waals surface area contributed by atoms with Crippen LogP contribution in [0.2, 0.25) is 0 Å². The lowest BCUT2D eigenvalue weighted by Gasteiger charge is -2.32. The van der Waals surface area contributed by atoms with Gasteiger partial charge >= 0.3 is 6.03 Å². The number of rotatable bonds is 3. The average molecular weight is 460 g/mol. The molecule has 1 atom stereocenters. The molecule has 2 aromatic carbocycles. The van der Waals surface area contributed by atoms with E-state index in [1.807, 2.05) is 30.3 Å². The Balaban J connectivity index is 1.55. The van der Waals surface area contributed by atoms with Crippen molar-refractivity contribution in [2.45, 2.75) is 24.8 Å². The molecule has 0 saturated carbocycles. The predicted octanol–water partition coefficient (Wildman–Crippen LogP) is 2.95. The Labute approximate surface area is 164 Å². The van der Waals surface area contributed by atoms with Gasteiger partial charge in [-0.3, -0.25) is 14.5 Å². The Hall–Kier alpha value is -2.22. The molecule has 26 heavy (non-hydrogen) atoms. The summed E-state index contributed by atoms with van der Waals surface area (Å²) >= 11 is 2.16. The minimum atomic E-state index is -0.919. The molecule has 1 heterocycles. The van der Waals surface area contributed by atoms with Gasteiger partial charge in [0.1, 0.15) is 5.54 Å². The Morgan fingerprint density at radius 2 is 1.77 bits per heavy atom. The zero-order valence-electron chi connectivity index (χ0n) is 14.0. The zero-order valence-corrected chi connectivity index (χ0v) is 16.2. The molecule has 2 aromatic rings. The van der Waals surface area contributed by atoms with E-state index in [1.54, 1.807) is 12.1 Å². The van der Waals surface area contributed by atoms with Crippen LogP contribution in [0, 0.1) is 3.57 Å². The summed E-state index contributed by atoms with van der Waals surface area (Å²) in [4.78, 5) is 39.0. The molecule has 0 aromatic heterocycles. The van der Waals surface area contributed by atoms with Crippen LogP contribution in [0.4, 0.5) is 4.79 Å². The van der Waals surface area contributed by atoms with E-state index in [9.17, 15) is 14.4 Å². The second-order valence-electron chi connectivity index (χ2n) is 6.78. The van der Waals surface area contributed by atoms with Crippen LogP contribution in [0.3, 0.4) is 0 Å². The van der Waals surface area contributed by atoms with Crippen LogP contribution in [0.15, 0.2) is 48.5 Å². The van der Waals surface area contributed by atoms with Crippen molar-refractivity contribution in [3.8, 4) is 0 Å². The normalized spacial score (nSPS) is 21.7. The van der Waals surface area contributed by atoms with Gasteiger partial charge in [-0.05, 0) is 58.7 Å². The Morgan fingerprint density at radius 1 is 1.08 bits per heavy atom. The molecule has 1 saturated heterocycles. The van der Waals surface area contributed by atoms with Crippen LogP contribution < -0.4 is 5.32 Å². The molecule has 1 aliphatic heterocycles. The smallest absolute Gasteiger partial charge is 0.323 e. The number of nitrogens with one attached hydrogen (secondary N) is 1. The van der Waals surface area contributed by atoms with E-state index in [0.717, 1.165) is 20.5 Å². The lowest BCUT2D eigenvalue weighted by Crippen LogP contribution is -2.51. The summed E-state index contributed by atoms with van der Waals surface area (Å²) in [5, 5.41) is 2.86. The molecule has 0 radical (unpaired) electrons. The minimum absolute atomic E-state index is 0.228. The third kappa shape index (κ3) is 2.92. The van der Waals surface area contributed by atoms with Gasteiger partial charge in [-0.2, -0.15) is 0 Å². The lowest BCUT2D eigenvalue weighted by molar-refractivity contribution is -0.131. The number of aryl methyl sites for hydroxylation is 1. The first-order chi connectivity index (χ1) is 12.5. The number of Topliss-reactive ketones (excluding diaryl/α,β-unsaturated/α-hetero) is 1. The number of carbonyl (C=O) groups excluding carboxylic acids is 3. The number of imide groups is 1. The van der Waals surface area contributed by atoms with Gasteiger partial charge < -0.3 is 5.32 Å². The van der Waals surface area contributed by atoms with Crippen molar-refractivity contribution >= 4 is 40.3 Å². The van der Waals surface area contributed by atoms with Crippen LogP contribution in [-0.2, 0) is 17.6 Å². The molecule has 4 rings (SSSR count). The SMILES string of the molecule is O=C(CN1C(=O)NC2(CCc3ccccc3C2)C1=O)c1ccc(I)cc1. The summed E-state index contributed by atoms with van der Waals surface area (Å²) in [6, 6.07) is 14.6. The highest BCUT2D eigenvalue weighted by Crippen LogP contribution is 2.33. The fourth-order valence-corrected chi connectivity index (χ4v) is 4.07. The molecule has 132 valence electrons. The van der Waals surface area contributed by atoms with Crippen LogP contribution in [0.25, 0.3) is 0 Å². The molecular formula is C20H17IN2O3. The van der Waals surface area contributed by atoms with Gasteiger partial charge in [0, 0.05) is 15.6 Å². The second-order valence-corrected chi connectivity index (χ2v) is 8.02. The second kappa shape index (κ2) is 6.50. The Kier molecular flexibility index (Phi) is 4.30.